The van der Waals surface area contributed by atoms with E-state index in [0.29, 0.717) is 17.4 Å². The fourth-order valence-corrected chi connectivity index (χ4v) is 4.44. The van der Waals surface area contributed by atoms with Crippen LogP contribution in [0.3, 0.4) is 0 Å². The summed E-state index contributed by atoms with van der Waals surface area (Å²) in [6, 6.07) is 1.27. The van der Waals surface area contributed by atoms with Gasteiger partial charge in [-0.3, -0.25) is 0 Å². The maximum Gasteiger partial charge on any atom is 0.242 e. The van der Waals surface area contributed by atoms with E-state index in [4.69, 9.17) is 16.3 Å². The van der Waals surface area contributed by atoms with Gasteiger partial charge in [-0.15, -0.1) is 0 Å². The predicted molar refractivity (Wildman–Crippen MR) is 80.0 cm³/mol. The maximum absolute atomic E-state index is 12.4. The van der Waals surface area contributed by atoms with Crippen molar-refractivity contribution in [3.8, 4) is 0 Å². The molecule has 2 saturated heterocycles. The third-order valence-corrected chi connectivity index (χ3v) is 5.63. The van der Waals surface area contributed by atoms with E-state index < -0.39 is 10.0 Å². The second-order valence-electron chi connectivity index (χ2n) is 5.37. The van der Waals surface area contributed by atoms with Gasteiger partial charge in [0.25, 0.3) is 0 Å². The molecule has 3 atom stereocenters. The van der Waals surface area contributed by atoms with Crippen molar-refractivity contribution in [2.75, 3.05) is 11.9 Å². The van der Waals surface area contributed by atoms with Gasteiger partial charge in [0.15, 0.2) is 0 Å². The van der Waals surface area contributed by atoms with E-state index in [1.165, 1.54) is 12.3 Å². The zero-order valence-electron chi connectivity index (χ0n) is 11.7. The van der Waals surface area contributed by atoms with E-state index in [-0.39, 0.29) is 23.1 Å². The minimum Gasteiger partial charge on any atom is -0.373 e. The molecule has 2 N–H and O–H groups in total. The quantitative estimate of drug-likeness (QED) is 0.859. The van der Waals surface area contributed by atoms with E-state index in [9.17, 15) is 8.42 Å². The fourth-order valence-electron chi connectivity index (χ4n) is 2.89. The Morgan fingerprint density at radius 1 is 1.48 bits per heavy atom. The van der Waals surface area contributed by atoms with E-state index in [1.54, 1.807) is 0 Å². The second-order valence-corrected chi connectivity index (χ2v) is 7.49. The Morgan fingerprint density at radius 2 is 2.29 bits per heavy atom. The van der Waals surface area contributed by atoms with Crippen LogP contribution in [0.2, 0.25) is 5.02 Å². The van der Waals surface area contributed by atoms with Gasteiger partial charge in [-0.1, -0.05) is 11.6 Å². The molecule has 116 valence electrons. The maximum atomic E-state index is 12.4. The number of nitrogens with zero attached hydrogens (tertiary/aromatic N) is 1. The number of hydrogen-bond donors (Lipinski definition) is 2. The van der Waals surface area contributed by atoms with E-state index in [1.807, 2.05) is 6.92 Å². The highest BCUT2D eigenvalue weighted by Gasteiger charge is 2.42. The SMILES string of the molecule is CCNc1ncc(S(=O)(=O)NC2CC3CCC2O3)cc1Cl. The van der Waals surface area contributed by atoms with Crippen LogP contribution in [-0.2, 0) is 14.8 Å². The summed E-state index contributed by atoms with van der Waals surface area (Å²) >= 11 is 6.05. The summed E-state index contributed by atoms with van der Waals surface area (Å²) in [7, 11) is -3.63. The first-order valence-electron chi connectivity index (χ1n) is 7.07. The Morgan fingerprint density at radius 3 is 2.86 bits per heavy atom. The Balaban J connectivity index is 1.77. The van der Waals surface area contributed by atoms with E-state index >= 15 is 0 Å². The van der Waals surface area contributed by atoms with Gasteiger partial charge in [0, 0.05) is 12.7 Å². The molecule has 0 amide bonds. The summed E-state index contributed by atoms with van der Waals surface area (Å²) in [6.07, 6.45) is 4.18. The summed E-state index contributed by atoms with van der Waals surface area (Å²) in [5.74, 6) is 0.487. The predicted octanol–water partition coefficient (Wildman–Crippen LogP) is 1.76. The number of anilines is 1. The second kappa shape index (κ2) is 5.72. The molecular formula is C13H18ClN3O3S. The molecule has 8 heteroatoms. The molecule has 2 fully saturated rings. The van der Waals surface area contributed by atoms with Crippen molar-refractivity contribution < 1.29 is 13.2 Å². The number of hydrogen-bond acceptors (Lipinski definition) is 5. The smallest absolute Gasteiger partial charge is 0.242 e. The molecule has 0 aliphatic carbocycles. The molecule has 0 radical (unpaired) electrons. The third kappa shape index (κ3) is 3.01. The molecule has 0 spiro atoms. The highest BCUT2D eigenvalue weighted by Crippen LogP contribution is 2.35. The molecule has 2 bridgehead atoms. The van der Waals surface area contributed by atoms with Crippen LogP contribution in [0.25, 0.3) is 0 Å². The zero-order chi connectivity index (χ0) is 15.0. The molecule has 21 heavy (non-hydrogen) atoms. The van der Waals surface area contributed by atoms with Gasteiger partial charge in [0.2, 0.25) is 10.0 Å². The molecule has 0 aromatic carbocycles. The zero-order valence-corrected chi connectivity index (χ0v) is 13.2. The number of rotatable bonds is 5. The van der Waals surface area contributed by atoms with Gasteiger partial charge in [0.05, 0.1) is 23.3 Å². The normalized spacial score (nSPS) is 28.0. The highest BCUT2D eigenvalue weighted by atomic mass is 35.5. The van der Waals surface area contributed by atoms with Crippen molar-refractivity contribution in [3.63, 3.8) is 0 Å². The monoisotopic (exact) mass is 331 g/mol. The Hall–Kier alpha value is -0.890. The summed E-state index contributed by atoms with van der Waals surface area (Å²) < 4.78 is 33.2. The summed E-state index contributed by atoms with van der Waals surface area (Å²) in [4.78, 5) is 4.14. The average Bonchev–Trinajstić information content (AvgIpc) is 3.03. The fraction of sp³-hybridized carbons (Fsp3) is 0.615. The number of halogens is 1. The van der Waals surface area contributed by atoms with Crippen molar-refractivity contribution in [1.29, 1.82) is 0 Å². The van der Waals surface area contributed by atoms with Crippen LogP contribution in [0.1, 0.15) is 26.2 Å². The summed E-state index contributed by atoms with van der Waals surface area (Å²) in [5, 5.41) is 3.27. The molecule has 6 nitrogen and oxygen atoms in total. The van der Waals surface area contributed by atoms with E-state index in [0.717, 1.165) is 19.3 Å². The van der Waals surface area contributed by atoms with Crippen LogP contribution in [-0.4, -0.2) is 38.2 Å². The summed E-state index contributed by atoms with van der Waals surface area (Å²) in [5.41, 5.74) is 0. The number of pyridine rings is 1. The van der Waals surface area contributed by atoms with Crippen LogP contribution in [0.15, 0.2) is 17.2 Å². The lowest BCUT2D eigenvalue weighted by Crippen LogP contribution is -2.41. The van der Waals surface area contributed by atoms with Crippen LogP contribution in [0, 0.1) is 0 Å². The minimum absolute atomic E-state index is 0.00534. The van der Waals surface area contributed by atoms with Gasteiger partial charge < -0.3 is 10.1 Å². The number of fused-ring (bicyclic) bond motifs is 2. The molecular weight excluding hydrogens is 314 g/mol. The standard InChI is InChI=1S/C13H18ClN3O3S/c1-2-15-13-10(14)6-9(7-16-13)21(18,19)17-11-5-8-3-4-12(11)20-8/h6-8,11-12,17H,2-5H2,1H3,(H,15,16). The van der Waals surface area contributed by atoms with Crippen molar-refractivity contribution >= 4 is 27.4 Å². The van der Waals surface area contributed by atoms with Gasteiger partial charge >= 0.3 is 0 Å². The molecule has 3 rings (SSSR count). The molecule has 3 unspecified atom stereocenters. The van der Waals surface area contributed by atoms with Crippen LogP contribution in [0.4, 0.5) is 5.82 Å². The Kier molecular flexibility index (Phi) is 4.09. The van der Waals surface area contributed by atoms with E-state index in [2.05, 4.69) is 15.0 Å². The number of sulfonamides is 1. The van der Waals surface area contributed by atoms with Crippen molar-refractivity contribution in [3.05, 3.63) is 17.3 Å². The van der Waals surface area contributed by atoms with Gasteiger partial charge in [0.1, 0.15) is 10.7 Å². The van der Waals surface area contributed by atoms with Crippen LogP contribution < -0.4 is 10.0 Å². The molecule has 3 heterocycles. The van der Waals surface area contributed by atoms with Crippen molar-refractivity contribution in [2.45, 2.75) is 49.3 Å². The van der Waals surface area contributed by atoms with Crippen LogP contribution in [0.5, 0.6) is 0 Å². The largest absolute Gasteiger partial charge is 0.373 e. The van der Waals surface area contributed by atoms with Gasteiger partial charge in [-0.2, -0.15) is 0 Å². The molecule has 2 aliphatic rings. The van der Waals surface area contributed by atoms with Crippen LogP contribution >= 0.6 is 11.6 Å². The number of ether oxygens (including phenoxy) is 1. The molecule has 0 saturated carbocycles. The lowest BCUT2D eigenvalue weighted by molar-refractivity contribution is 0.0996. The minimum atomic E-state index is -3.63. The number of aromatic nitrogens is 1. The molecule has 1 aromatic heterocycles. The van der Waals surface area contributed by atoms with Gasteiger partial charge in [-0.05, 0) is 32.3 Å². The van der Waals surface area contributed by atoms with Gasteiger partial charge in [-0.25, -0.2) is 18.1 Å². The highest BCUT2D eigenvalue weighted by molar-refractivity contribution is 7.89. The Labute approximate surface area is 129 Å². The number of nitrogens with one attached hydrogen (secondary N) is 2. The first-order valence-corrected chi connectivity index (χ1v) is 8.93. The lowest BCUT2D eigenvalue weighted by Gasteiger charge is -2.20. The first-order chi connectivity index (χ1) is 9.99. The topological polar surface area (TPSA) is 80.3 Å². The average molecular weight is 332 g/mol. The van der Waals surface area contributed by atoms with Crippen molar-refractivity contribution in [1.82, 2.24) is 9.71 Å². The van der Waals surface area contributed by atoms with Crippen molar-refractivity contribution in [2.24, 2.45) is 0 Å². The Bertz CT molecular complexity index is 638. The summed E-state index contributed by atoms with van der Waals surface area (Å²) in [6.45, 7) is 2.58. The third-order valence-electron chi connectivity index (χ3n) is 3.88. The molecule has 2 aliphatic heterocycles. The first kappa shape index (κ1) is 15.0. The lowest BCUT2D eigenvalue weighted by atomic mass is 9.96. The molecule has 1 aromatic rings.